The molecule has 42 heavy (non-hydrogen) atoms. The number of aliphatic hydroxyl groups is 1. The van der Waals surface area contributed by atoms with E-state index in [1.165, 1.54) is 0 Å². The molecule has 2 amide bonds. The lowest BCUT2D eigenvalue weighted by molar-refractivity contribution is -0.130. The summed E-state index contributed by atoms with van der Waals surface area (Å²) >= 11 is 0. The number of amides is 2. The number of piperidine rings is 1. The third kappa shape index (κ3) is 12.3. The molecule has 1 aliphatic heterocycles. The molecule has 0 radical (unpaired) electrons. The fourth-order valence-electron chi connectivity index (χ4n) is 5.51. The predicted octanol–water partition coefficient (Wildman–Crippen LogP) is 4.21. The highest BCUT2D eigenvalue weighted by Gasteiger charge is 2.31. The zero-order valence-electron chi connectivity index (χ0n) is 26.8. The molecule has 10 heteroatoms. The molecule has 0 saturated carbocycles. The van der Waals surface area contributed by atoms with Gasteiger partial charge in [0.2, 0.25) is 11.8 Å². The molecule has 4 N–H and O–H groups in total. The Kier molecular flexibility index (Phi) is 17.4. The SMILES string of the molecule is COCCCOc1cc(C[C@@H](C[C@H](N)[C@@H](O)C[C@H](C(=O)NC2CCN(C(C)=O)CC2)C(C)C)C(C)C)ccc1OC.Cl. The van der Waals surface area contributed by atoms with Crippen LogP contribution >= 0.6 is 12.4 Å². The van der Waals surface area contributed by atoms with Gasteiger partial charge in [-0.05, 0) is 67.6 Å². The molecule has 0 bridgehead atoms. The molecule has 1 aromatic carbocycles. The van der Waals surface area contributed by atoms with E-state index in [0.29, 0.717) is 56.6 Å². The van der Waals surface area contributed by atoms with Gasteiger partial charge in [-0.2, -0.15) is 0 Å². The van der Waals surface area contributed by atoms with E-state index in [1.807, 2.05) is 30.9 Å². The summed E-state index contributed by atoms with van der Waals surface area (Å²) in [6.45, 7) is 12.5. The second-order valence-corrected chi connectivity index (χ2v) is 12.2. The molecule has 1 aromatic rings. The quantitative estimate of drug-likeness (QED) is 0.225. The van der Waals surface area contributed by atoms with Crippen LogP contribution in [0.25, 0.3) is 0 Å². The molecule has 0 aliphatic carbocycles. The fraction of sp³-hybridized carbons (Fsp3) is 0.750. The van der Waals surface area contributed by atoms with E-state index >= 15 is 0 Å². The second kappa shape index (κ2) is 19.3. The van der Waals surface area contributed by atoms with Gasteiger partial charge >= 0.3 is 0 Å². The van der Waals surface area contributed by atoms with Gasteiger partial charge in [0.1, 0.15) is 0 Å². The Morgan fingerprint density at radius 2 is 1.71 bits per heavy atom. The summed E-state index contributed by atoms with van der Waals surface area (Å²) in [4.78, 5) is 26.7. The molecule has 4 atom stereocenters. The van der Waals surface area contributed by atoms with Crippen molar-refractivity contribution in [1.82, 2.24) is 10.2 Å². The van der Waals surface area contributed by atoms with Crippen LogP contribution < -0.4 is 20.5 Å². The van der Waals surface area contributed by atoms with Crippen molar-refractivity contribution in [3.05, 3.63) is 23.8 Å². The summed E-state index contributed by atoms with van der Waals surface area (Å²) in [5, 5.41) is 14.3. The molecule has 2 rings (SSSR count). The second-order valence-electron chi connectivity index (χ2n) is 12.2. The van der Waals surface area contributed by atoms with Crippen molar-refractivity contribution >= 4 is 24.2 Å². The third-order valence-electron chi connectivity index (χ3n) is 8.41. The van der Waals surface area contributed by atoms with Crippen molar-refractivity contribution in [1.29, 1.82) is 0 Å². The number of nitrogens with two attached hydrogens (primary N) is 1. The number of rotatable bonds is 17. The molecule has 0 spiro atoms. The van der Waals surface area contributed by atoms with E-state index in [4.69, 9.17) is 19.9 Å². The Bertz CT molecular complexity index is 939. The van der Waals surface area contributed by atoms with Crippen LogP contribution in [0.3, 0.4) is 0 Å². The van der Waals surface area contributed by atoms with Crippen LogP contribution in [0.4, 0.5) is 0 Å². The first-order chi connectivity index (χ1) is 19.5. The number of hydrogen-bond donors (Lipinski definition) is 3. The number of aliphatic hydroxyl groups excluding tert-OH is 1. The summed E-state index contributed by atoms with van der Waals surface area (Å²) in [6.07, 6.45) is 3.27. The number of likely N-dealkylation sites (tertiary alicyclic amines) is 1. The number of nitrogens with one attached hydrogen (secondary N) is 1. The normalized spacial score (nSPS) is 16.9. The first-order valence-corrected chi connectivity index (χ1v) is 15.2. The van der Waals surface area contributed by atoms with Gasteiger partial charge < -0.3 is 35.3 Å². The van der Waals surface area contributed by atoms with Gasteiger partial charge in [-0.25, -0.2) is 0 Å². The summed E-state index contributed by atoms with van der Waals surface area (Å²) < 4.78 is 16.6. The van der Waals surface area contributed by atoms with Crippen LogP contribution in [0, 0.1) is 23.7 Å². The average molecular weight is 614 g/mol. The minimum absolute atomic E-state index is 0. The highest BCUT2D eigenvalue weighted by atomic mass is 35.5. The van der Waals surface area contributed by atoms with Crippen LogP contribution in [-0.4, -0.2) is 80.5 Å². The fourth-order valence-corrected chi connectivity index (χ4v) is 5.51. The van der Waals surface area contributed by atoms with Crippen molar-refractivity contribution in [3.8, 4) is 11.5 Å². The largest absolute Gasteiger partial charge is 0.493 e. The van der Waals surface area contributed by atoms with E-state index in [9.17, 15) is 14.7 Å². The first kappa shape index (κ1) is 38.0. The van der Waals surface area contributed by atoms with Crippen molar-refractivity contribution in [2.24, 2.45) is 29.4 Å². The van der Waals surface area contributed by atoms with E-state index in [0.717, 1.165) is 31.2 Å². The average Bonchev–Trinajstić information content (AvgIpc) is 2.93. The van der Waals surface area contributed by atoms with Gasteiger partial charge in [0.05, 0.1) is 19.8 Å². The number of nitrogens with zero attached hydrogens (tertiary/aromatic N) is 1. The zero-order chi connectivity index (χ0) is 30.5. The molecule has 9 nitrogen and oxygen atoms in total. The highest BCUT2D eigenvalue weighted by molar-refractivity contribution is 5.85. The minimum Gasteiger partial charge on any atom is -0.493 e. The Labute approximate surface area is 259 Å². The van der Waals surface area contributed by atoms with Gasteiger partial charge in [0.25, 0.3) is 0 Å². The van der Waals surface area contributed by atoms with E-state index in [1.54, 1.807) is 21.1 Å². The number of ether oxygens (including phenoxy) is 3. The van der Waals surface area contributed by atoms with Crippen LogP contribution in [0.1, 0.15) is 72.3 Å². The van der Waals surface area contributed by atoms with Crippen LogP contribution in [0.5, 0.6) is 11.5 Å². The molecule has 1 heterocycles. The maximum Gasteiger partial charge on any atom is 0.223 e. The number of carbonyl (C=O) groups is 2. The lowest BCUT2D eigenvalue weighted by Crippen LogP contribution is -2.49. The lowest BCUT2D eigenvalue weighted by atomic mass is 9.80. The van der Waals surface area contributed by atoms with Gasteiger partial charge in [-0.3, -0.25) is 9.59 Å². The number of benzene rings is 1. The Hall–Kier alpha value is -2.07. The topological polar surface area (TPSA) is 123 Å². The van der Waals surface area contributed by atoms with E-state index in [2.05, 4.69) is 25.2 Å². The van der Waals surface area contributed by atoms with Crippen LogP contribution in [0.15, 0.2) is 18.2 Å². The molecular weight excluding hydrogens is 558 g/mol. The van der Waals surface area contributed by atoms with Gasteiger partial charge in [0, 0.05) is 58.2 Å². The number of hydrogen-bond acceptors (Lipinski definition) is 7. The van der Waals surface area contributed by atoms with E-state index < -0.39 is 12.1 Å². The number of halogens is 1. The summed E-state index contributed by atoms with van der Waals surface area (Å²) in [6, 6.07) is 5.62. The van der Waals surface area contributed by atoms with Crippen LogP contribution in [0.2, 0.25) is 0 Å². The van der Waals surface area contributed by atoms with Crippen molar-refractivity contribution in [2.75, 3.05) is 40.5 Å². The van der Waals surface area contributed by atoms with Crippen molar-refractivity contribution in [2.45, 2.75) is 91.3 Å². The molecule has 242 valence electrons. The monoisotopic (exact) mass is 613 g/mol. The summed E-state index contributed by atoms with van der Waals surface area (Å²) in [5.41, 5.74) is 7.71. The third-order valence-corrected chi connectivity index (χ3v) is 8.41. The van der Waals surface area contributed by atoms with Crippen molar-refractivity contribution < 1.29 is 28.9 Å². The highest BCUT2D eigenvalue weighted by Crippen LogP contribution is 2.32. The molecule has 1 fully saturated rings. The zero-order valence-corrected chi connectivity index (χ0v) is 27.6. The maximum atomic E-state index is 13.2. The Morgan fingerprint density at radius 1 is 1.05 bits per heavy atom. The van der Waals surface area contributed by atoms with E-state index in [-0.39, 0.29) is 48.0 Å². The minimum atomic E-state index is -0.787. The Balaban J connectivity index is 0.00000882. The molecule has 1 saturated heterocycles. The predicted molar refractivity (Wildman–Crippen MR) is 169 cm³/mol. The standard InChI is InChI=1S/C32H55N3O6.ClH/c1-21(2)25(17-24-9-10-30(40-7)31(18-24)41-16-8-15-39-6)19-28(33)29(37)20-27(22(3)4)32(38)34-26-11-13-35(14-12-26)23(5)36;/h9-10,18,21-22,25-29,37H,8,11-17,19-20,33H2,1-7H3,(H,34,38);1H/t25-,27-,28-,29-;/m0./s1. The van der Waals surface area contributed by atoms with Gasteiger partial charge in [-0.15, -0.1) is 12.4 Å². The molecule has 0 aromatic heterocycles. The Morgan fingerprint density at radius 3 is 2.26 bits per heavy atom. The number of carbonyl (C=O) groups excluding carboxylic acids is 2. The summed E-state index contributed by atoms with van der Waals surface area (Å²) in [5.74, 6) is 1.77. The van der Waals surface area contributed by atoms with Crippen molar-refractivity contribution in [3.63, 3.8) is 0 Å². The lowest BCUT2D eigenvalue weighted by Gasteiger charge is -2.34. The summed E-state index contributed by atoms with van der Waals surface area (Å²) in [7, 11) is 3.31. The smallest absolute Gasteiger partial charge is 0.223 e. The molecule has 1 aliphatic rings. The van der Waals surface area contributed by atoms with Crippen LogP contribution in [-0.2, 0) is 20.7 Å². The molecular formula is C32H56ClN3O6. The first-order valence-electron chi connectivity index (χ1n) is 15.2. The van der Waals surface area contributed by atoms with Gasteiger partial charge in [0.15, 0.2) is 11.5 Å². The number of methoxy groups -OCH3 is 2. The van der Waals surface area contributed by atoms with Gasteiger partial charge in [-0.1, -0.05) is 33.8 Å². The maximum absolute atomic E-state index is 13.2. The molecule has 0 unspecified atom stereocenters.